The van der Waals surface area contributed by atoms with Crippen molar-refractivity contribution >= 4 is 17.6 Å². The van der Waals surface area contributed by atoms with E-state index in [9.17, 15) is 14.7 Å². The van der Waals surface area contributed by atoms with Gasteiger partial charge in [-0.3, -0.25) is 9.59 Å². The van der Waals surface area contributed by atoms with Crippen LogP contribution in [-0.4, -0.2) is 23.5 Å². The van der Waals surface area contributed by atoms with Gasteiger partial charge in [-0.05, 0) is 23.5 Å². The lowest BCUT2D eigenvalue weighted by Crippen LogP contribution is -2.33. The highest BCUT2D eigenvalue weighted by molar-refractivity contribution is 6.01. The van der Waals surface area contributed by atoms with Crippen LogP contribution in [0.5, 0.6) is 0 Å². The van der Waals surface area contributed by atoms with Gasteiger partial charge >= 0.3 is 5.97 Å². The number of fused-ring (bicyclic) bond motifs is 1. The van der Waals surface area contributed by atoms with E-state index >= 15 is 0 Å². The maximum absolute atomic E-state index is 12.5. The Hall–Kier alpha value is -1.84. The average Bonchev–Trinajstić information content (AvgIpc) is 2.85. The molecule has 19 heavy (non-hydrogen) atoms. The molecule has 1 aliphatic carbocycles. The van der Waals surface area contributed by atoms with Crippen LogP contribution in [0.25, 0.3) is 0 Å². The van der Waals surface area contributed by atoms with E-state index in [0.717, 1.165) is 17.7 Å². The van der Waals surface area contributed by atoms with Crippen molar-refractivity contribution < 1.29 is 14.7 Å². The first kappa shape index (κ1) is 12.2. The predicted octanol–water partition coefficient (Wildman–Crippen LogP) is 2.25. The molecule has 1 fully saturated rings. The lowest BCUT2D eigenvalue weighted by Gasteiger charge is -2.18. The molecule has 3 rings (SSSR count). The van der Waals surface area contributed by atoms with Gasteiger partial charge in [0.15, 0.2) is 0 Å². The number of carboxylic acids is 1. The van der Waals surface area contributed by atoms with Gasteiger partial charge in [0, 0.05) is 18.2 Å². The lowest BCUT2D eigenvalue weighted by atomic mass is 10.0. The predicted molar refractivity (Wildman–Crippen MR) is 71.1 cm³/mol. The number of anilines is 1. The first-order chi connectivity index (χ1) is 8.92. The molecule has 2 atom stereocenters. The highest BCUT2D eigenvalue weighted by Gasteiger charge is 2.53. The van der Waals surface area contributed by atoms with Crippen LogP contribution in [0, 0.1) is 11.3 Å². The average molecular weight is 259 g/mol. The van der Waals surface area contributed by atoms with Gasteiger partial charge < -0.3 is 10.0 Å². The lowest BCUT2D eigenvalue weighted by molar-refractivity contribution is -0.138. The molecule has 1 aromatic carbocycles. The molecule has 2 unspecified atom stereocenters. The minimum atomic E-state index is -0.863. The van der Waals surface area contributed by atoms with Crippen molar-refractivity contribution in [2.75, 3.05) is 11.4 Å². The Morgan fingerprint density at radius 2 is 1.95 bits per heavy atom. The molecule has 0 spiro atoms. The number of carbonyl (C=O) groups excluding carboxylic acids is 1. The van der Waals surface area contributed by atoms with Crippen molar-refractivity contribution in [3.63, 3.8) is 0 Å². The van der Waals surface area contributed by atoms with Gasteiger partial charge in [0.1, 0.15) is 5.92 Å². The topological polar surface area (TPSA) is 57.6 Å². The maximum atomic E-state index is 12.5. The molecule has 1 aromatic rings. The second kappa shape index (κ2) is 3.83. The van der Waals surface area contributed by atoms with Crippen molar-refractivity contribution in [3.05, 3.63) is 29.8 Å². The Bertz CT molecular complexity index is 564. The largest absolute Gasteiger partial charge is 0.481 e. The van der Waals surface area contributed by atoms with Gasteiger partial charge in [0.25, 0.3) is 0 Å². The fourth-order valence-electron chi connectivity index (χ4n) is 2.90. The number of para-hydroxylation sites is 1. The van der Waals surface area contributed by atoms with E-state index < -0.39 is 11.9 Å². The maximum Gasteiger partial charge on any atom is 0.312 e. The SMILES string of the molecule is CC1(C)CC1C(=O)N1CC(C(=O)O)c2ccccc21. The molecule has 1 amide bonds. The zero-order chi connectivity index (χ0) is 13.8. The quantitative estimate of drug-likeness (QED) is 0.886. The molecule has 1 saturated carbocycles. The molecule has 4 nitrogen and oxygen atoms in total. The molecule has 1 aliphatic heterocycles. The van der Waals surface area contributed by atoms with Crippen LogP contribution in [0.2, 0.25) is 0 Å². The summed E-state index contributed by atoms with van der Waals surface area (Å²) in [6.07, 6.45) is 0.891. The molecule has 0 bridgehead atoms. The van der Waals surface area contributed by atoms with Crippen LogP contribution < -0.4 is 4.90 Å². The zero-order valence-corrected chi connectivity index (χ0v) is 11.1. The van der Waals surface area contributed by atoms with Crippen LogP contribution in [-0.2, 0) is 9.59 Å². The van der Waals surface area contributed by atoms with Crippen LogP contribution in [0.1, 0.15) is 31.7 Å². The van der Waals surface area contributed by atoms with Crippen LogP contribution in [0.4, 0.5) is 5.69 Å². The summed E-state index contributed by atoms with van der Waals surface area (Å²) < 4.78 is 0. The molecule has 100 valence electrons. The van der Waals surface area contributed by atoms with E-state index in [2.05, 4.69) is 13.8 Å². The molecule has 1 N–H and O–H groups in total. The highest BCUT2D eigenvalue weighted by Crippen LogP contribution is 2.53. The van der Waals surface area contributed by atoms with Crippen LogP contribution in [0.15, 0.2) is 24.3 Å². The number of carbonyl (C=O) groups is 2. The van der Waals surface area contributed by atoms with E-state index in [1.807, 2.05) is 18.2 Å². The Labute approximate surface area is 112 Å². The molecular formula is C15H17NO3. The highest BCUT2D eigenvalue weighted by atomic mass is 16.4. The minimum absolute atomic E-state index is 0.0353. The Balaban J connectivity index is 1.93. The normalized spacial score (nSPS) is 26.9. The summed E-state index contributed by atoms with van der Waals surface area (Å²) >= 11 is 0. The van der Waals surface area contributed by atoms with Crippen molar-refractivity contribution in [2.45, 2.75) is 26.2 Å². The Morgan fingerprint density at radius 1 is 1.32 bits per heavy atom. The van der Waals surface area contributed by atoms with Gasteiger partial charge in [-0.15, -0.1) is 0 Å². The summed E-state index contributed by atoms with van der Waals surface area (Å²) in [6.45, 7) is 4.42. The summed E-state index contributed by atoms with van der Waals surface area (Å²) in [4.78, 5) is 25.5. The van der Waals surface area contributed by atoms with Gasteiger partial charge in [0.2, 0.25) is 5.91 Å². The fourth-order valence-corrected chi connectivity index (χ4v) is 2.90. The van der Waals surface area contributed by atoms with Crippen molar-refractivity contribution in [1.29, 1.82) is 0 Å². The first-order valence-electron chi connectivity index (χ1n) is 6.55. The summed E-state index contributed by atoms with van der Waals surface area (Å²) in [6, 6.07) is 7.32. The summed E-state index contributed by atoms with van der Waals surface area (Å²) in [7, 11) is 0. The second-order valence-corrected chi connectivity index (χ2v) is 6.14. The van der Waals surface area contributed by atoms with E-state index in [-0.39, 0.29) is 23.8 Å². The van der Waals surface area contributed by atoms with Gasteiger partial charge in [0.05, 0.1) is 0 Å². The van der Waals surface area contributed by atoms with Crippen LogP contribution >= 0.6 is 0 Å². The Morgan fingerprint density at radius 3 is 2.53 bits per heavy atom. The second-order valence-electron chi connectivity index (χ2n) is 6.14. The third-order valence-electron chi connectivity index (χ3n) is 4.34. The van der Waals surface area contributed by atoms with Gasteiger partial charge in [-0.2, -0.15) is 0 Å². The minimum Gasteiger partial charge on any atom is -0.481 e. The van der Waals surface area contributed by atoms with Crippen molar-refractivity contribution in [3.8, 4) is 0 Å². The summed E-state index contributed by atoms with van der Waals surface area (Å²) in [5.41, 5.74) is 1.58. The zero-order valence-electron chi connectivity index (χ0n) is 11.1. The van der Waals surface area contributed by atoms with E-state index in [1.54, 1.807) is 11.0 Å². The van der Waals surface area contributed by atoms with E-state index in [0.29, 0.717) is 0 Å². The molecule has 1 heterocycles. The van der Waals surface area contributed by atoms with E-state index in [1.165, 1.54) is 0 Å². The third kappa shape index (κ3) is 1.82. The van der Waals surface area contributed by atoms with Gasteiger partial charge in [-0.25, -0.2) is 0 Å². The number of carboxylic acid groups (broad SMARTS) is 1. The Kier molecular flexibility index (Phi) is 2.46. The number of hydrogen-bond acceptors (Lipinski definition) is 2. The number of hydrogen-bond donors (Lipinski definition) is 1. The number of amides is 1. The summed E-state index contributed by atoms with van der Waals surface area (Å²) in [5.74, 6) is -1.35. The summed E-state index contributed by atoms with van der Waals surface area (Å²) in [5, 5.41) is 9.28. The third-order valence-corrected chi connectivity index (χ3v) is 4.34. The fraction of sp³-hybridized carbons (Fsp3) is 0.467. The van der Waals surface area contributed by atoms with Gasteiger partial charge in [-0.1, -0.05) is 32.0 Å². The smallest absolute Gasteiger partial charge is 0.312 e. The molecule has 0 aromatic heterocycles. The van der Waals surface area contributed by atoms with Crippen LogP contribution in [0.3, 0.4) is 0 Å². The molecule has 0 saturated heterocycles. The molecule has 4 heteroatoms. The van der Waals surface area contributed by atoms with Crippen molar-refractivity contribution in [1.82, 2.24) is 0 Å². The monoisotopic (exact) mass is 259 g/mol. The molecule has 2 aliphatic rings. The first-order valence-corrected chi connectivity index (χ1v) is 6.55. The standard InChI is InChI=1S/C15H17NO3/c1-15(2)7-11(15)13(17)16-8-10(14(18)19)9-5-3-4-6-12(9)16/h3-6,10-11H,7-8H2,1-2H3,(H,18,19). The number of benzene rings is 1. The number of nitrogens with zero attached hydrogens (tertiary/aromatic N) is 1. The van der Waals surface area contributed by atoms with Crippen molar-refractivity contribution in [2.24, 2.45) is 11.3 Å². The van der Waals surface area contributed by atoms with E-state index in [4.69, 9.17) is 0 Å². The number of aliphatic carboxylic acids is 1. The molecule has 0 radical (unpaired) electrons. The number of rotatable bonds is 2. The molecular weight excluding hydrogens is 242 g/mol.